The van der Waals surface area contributed by atoms with Gasteiger partial charge in [-0.15, -0.1) is 0 Å². The summed E-state index contributed by atoms with van der Waals surface area (Å²) < 4.78 is 52.5. The summed E-state index contributed by atoms with van der Waals surface area (Å²) in [5.74, 6) is -1.52. The van der Waals surface area contributed by atoms with E-state index in [1.165, 1.54) is 18.1 Å². The number of carbonyl (C=O) groups is 2. The molecular formula is C24H30FN5O7S. The van der Waals surface area contributed by atoms with Crippen LogP contribution in [0.3, 0.4) is 0 Å². The van der Waals surface area contributed by atoms with E-state index in [4.69, 9.17) is 4.74 Å². The number of sulfonamides is 1. The summed E-state index contributed by atoms with van der Waals surface area (Å²) in [4.78, 5) is 31.9. The smallest absolute Gasteiger partial charge is 0.409 e. The SMILES string of the molecule is C=C1C(O)=C(C(=O)NCc2ccc(F)cc2S(=O)(=O)N2CCN(C(=O)OC)CC2)N=C2N1CCOC2(C)C. The average Bonchev–Trinajstić information content (AvgIpc) is 2.89. The van der Waals surface area contributed by atoms with Gasteiger partial charge in [0.25, 0.3) is 5.91 Å². The Hall–Kier alpha value is -3.49. The van der Waals surface area contributed by atoms with Crippen molar-refractivity contribution in [3.63, 3.8) is 0 Å². The van der Waals surface area contributed by atoms with Crippen LogP contribution in [0, 0.1) is 5.82 Å². The molecule has 2 amide bonds. The van der Waals surface area contributed by atoms with Gasteiger partial charge in [0.1, 0.15) is 17.3 Å². The molecule has 12 nitrogen and oxygen atoms in total. The lowest BCUT2D eigenvalue weighted by molar-refractivity contribution is -0.118. The maximum absolute atomic E-state index is 14.1. The number of nitrogens with one attached hydrogen (secondary N) is 1. The summed E-state index contributed by atoms with van der Waals surface area (Å²) in [6.07, 6.45) is -0.561. The Kier molecular flexibility index (Phi) is 7.50. The van der Waals surface area contributed by atoms with Gasteiger partial charge in [-0.25, -0.2) is 22.6 Å². The molecular weight excluding hydrogens is 521 g/mol. The second kappa shape index (κ2) is 10.3. The van der Waals surface area contributed by atoms with Crippen molar-refractivity contribution in [2.75, 3.05) is 46.4 Å². The average molecular weight is 552 g/mol. The first-order valence-corrected chi connectivity index (χ1v) is 13.3. The number of hydrogen-bond acceptors (Lipinski definition) is 9. The number of benzene rings is 1. The largest absolute Gasteiger partial charge is 0.504 e. The molecule has 0 unspecified atom stereocenters. The number of amidine groups is 1. The summed E-state index contributed by atoms with van der Waals surface area (Å²) in [7, 11) is -2.92. The van der Waals surface area contributed by atoms with Gasteiger partial charge in [-0.1, -0.05) is 12.6 Å². The molecule has 3 heterocycles. The Morgan fingerprint density at radius 2 is 1.92 bits per heavy atom. The lowest BCUT2D eigenvalue weighted by atomic mass is 10.0. The number of piperazine rings is 1. The summed E-state index contributed by atoms with van der Waals surface area (Å²) in [5.41, 5.74) is -0.776. The van der Waals surface area contributed by atoms with Crippen LogP contribution >= 0.6 is 0 Å². The number of aliphatic imine (C=N–C) groups is 1. The zero-order valence-electron chi connectivity index (χ0n) is 21.4. The first-order chi connectivity index (χ1) is 17.9. The third kappa shape index (κ3) is 5.11. The number of aliphatic hydroxyl groups is 1. The van der Waals surface area contributed by atoms with Gasteiger partial charge in [0.15, 0.2) is 11.5 Å². The van der Waals surface area contributed by atoms with E-state index < -0.39 is 39.2 Å². The zero-order valence-corrected chi connectivity index (χ0v) is 22.2. The first-order valence-electron chi connectivity index (χ1n) is 11.9. The van der Waals surface area contributed by atoms with Gasteiger partial charge in [-0.2, -0.15) is 4.31 Å². The second-order valence-corrected chi connectivity index (χ2v) is 11.3. The number of ether oxygens (including phenoxy) is 2. The lowest BCUT2D eigenvalue weighted by Gasteiger charge is -2.43. The Bertz CT molecular complexity index is 1330. The van der Waals surface area contributed by atoms with Gasteiger partial charge in [0.2, 0.25) is 10.0 Å². The van der Waals surface area contributed by atoms with Gasteiger partial charge < -0.3 is 29.7 Å². The molecule has 3 aliphatic heterocycles. The Balaban J connectivity index is 1.54. The van der Waals surface area contributed by atoms with Crippen molar-refractivity contribution >= 4 is 27.9 Å². The van der Waals surface area contributed by atoms with Crippen molar-refractivity contribution in [3.8, 4) is 0 Å². The number of fused-ring (bicyclic) bond motifs is 1. The van der Waals surface area contributed by atoms with E-state index in [0.717, 1.165) is 16.4 Å². The highest BCUT2D eigenvalue weighted by Crippen LogP contribution is 2.31. The standard InChI is InChI=1S/C24H30FN5O7S/c1-15-20(31)19(27-22-24(2,3)37-12-11-30(15)22)21(32)26-14-16-5-6-17(25)13-18(16)38(34,35)29-9-7-28(8-10-29)23(33)36-4/h5-6,13,31H,1,7-12,14H2,2-4H3,(H,26,32). The molecule has 0 radical (unpaired) electrons. The molecule has 1 aromatic rings. The Morgan fingerprint density at radius 1 is 1.24 bits per heavy atom. The van der Waals surface area contributed by atoms with Crippen LogP contribution < -0.4 is 5.32 Å². The third-order valence-electron chi connectivity index (χ3n) is 6.59. The number of rotatable bonds is 5. The molecule has 2 saturated heterocycles. The van der Waals surface area contributed by atoms with Crippen LogP contribution in [0.15, 0.2) is 51.8 Å². The van der Waals surface area contributed by atoms with Crippen molar-refractivity contribution < 1.29 is 37.0 Å². The molecule has 0 saturated carbocycles. The maximum Gasteiger partial charge on any atom is 0.409 e. The van der Waals surface area contributed by atoms with Gasteiger partial charge >= 0.3 is 6.09 Å². The molecule has 3 aliphatic rings. The quantitative estimate of drug-likeness (QED) is 0.558. The molecule has 1 aromatic carbocycles. The molecule has 0 spiro atoms. The topological polar surface area (TPSA) is 141 Å². The minimum atomic E-state index is -4.16. The van der Waals surface area contributed by atoms with Crippen LogP contribution in [-0.4, -0.2) is 97.5 Å². The predicted octanol–water partition coefficient (Wildman–Crippen LogP) is 1.32. The number of halogens is 1. The molecule has 38 heavy (non-hydrogen) atoms. The van der Waals surface area contributed by atoms with Crippen molar-refractivity contribution in [3.05, 3.63) is 53.3 Å². The summed E-state index contributed by atoms with van der Waals surface area (Å²) in [5, 5.41) is 13.2. The fraction of sp³-hybridized carbons (Fsp3) is 0.458. The molecule has 2 N–H and O–H groups in total. The minimum absolute atomic E-state index is 0.00549. The maximum atomic E-state index is 14.1. The van der Waals surface area contributed by atoms with E-state index in [2.05, 4.69) is 21.6 Å². The Morgan fingerprint density at radius 3 is 2.58 bits per heavy atom. The van der Waals surface area contributed by atoms with Crippen LogP contribution in [-0.2, 0) is 30.8 Å². The van der Waals surface area contributed by atoms with E-state index >= 15 is 0 Å². The van der Waals surface area contributed by atoms with Gasteiger partial charge in [-0.3, -0.25) is 4.79 Å². The van der Waals surface area contributed by atoms with Crippen LogP contribution in [0.2, 0.25) is 0 Å². The number of aliphatic hydroxyl groups excluding tert-OH is 1. The summed E-state index contributed by atoms with van der Waals surface area (Å²) in [6.45, 7) is 8.16. The highest BCUT2D eigenvalue weighted by molar-refractivity contribution is 7.89. The van der Waals surface area contributed by atoms with Crippen molar-refractivity contribution in [1.29, 1.82) is 0 Å². The normalized spacial score (nSPS) is 20.1. The summed E-state index contributed by atoms with van der Waals surface area (Å²) in [6, 6.07) is 3.25. The highest BCUT2D eigenvalue weighted by atomic mass is 32.2. The molecule has 4 rings (SSSR count). The minimum Gasteiger partial charge on any atom is -0.504 e. The van der Waals surface area contributed by atoms with Crippen LogP contribution in [0.4, 0.5) is 9.18 Å². The van der Waals surface area contributed by atoms with Crippen molar-refractivity contribution in [2.45, 2.75) is 30.9 Å². The molecule has 14 heteroatoms. The van der Waals surface area contributed by atoms with E-state index in [0.29, 0.717) is 19.0 Å². The van der Waals surface area contributed by atoms with E-state index in [1.54, 1.807) is 18.7 Å². The predicted molar refractivity (Wildman–Crippen MR) is 134 cm³/mol. The molecule has 206 valence electrons. The van der Waals surface area contributed by atoms with Crippen LogP contribution in [0.1, 0.15) is 19.4 Å². The number of nitrogens with zero attached hydrogens (tertiary/aromatic N) is 4. The number of morpholine rings is 1. The van der Waals surface area contributed by atoms with E-state index in [-0.39, 0.29) is 54.6 Å². The third-order valence-corrected chi connectivity index (χ3v) is 8.57. The van der Waals surface area contributed by atoms with E-state index in [1.807, 2.05) is 0 Å². The zero-order chi connectivity index (χ0) is 27.8. The number of hydrogen-bond donors (Lipinski definition) is 2. The monoisotopic (exact) mass is 551 g/mol. The number of methoxy groups -OCH3 is 1. The highest BCUT2D eigenvalue weighted by Gasteiger charge is 2.41. The van der Waals surface area contributed by atoms with Crippen molar-refractivity contribution in [2.24, 2.45) is 4.99 Å². The number of amides is 2. The fourth-order valence-corrected chi connectivity index (χ4v) is 6.14. The first kappa shape index (κ1) is 27.5. The fourth-order valence-electron chi connectivity index (χ4n) is 4.48. The molecule has 0 bridgehead atoms. The second-order valence-electron chi connectivity index (χ2n) is 9.39. The molecule has 2 fully saturated rings. The van der Waals surface area contributed by atoms with E-state index in [9.17, 15) is 27.5 Å². The van der Waals surface area contributed by atoms with Gasteiger partial charge in [-0.05, 0) is 31.5 Å². The molecule has 0 aliphatic carbocycles. The van der Waals surface area contributed by atoms with Crippen LogP contribution in [0.25, 0.3) is 0 Å². The van der Waals surface area contributed by atoms with Crippen LogP contribution in [0.5, 0.6) is 0 Å². The van der Waals surface area contributed by atoms with Gasteiger partial charge in [0.05, 0.1) is 24.3 Å². The molecule has 0 atom stereocenters. The lowest BCUT2D eigenvalue weighted by Crippen LogP contribution is -2.54. The summed E-state index contributed by atoms with van der Waals surface area (Å²) >= 11 is 0. The Labute approximate surface area is 220 Å². The van der Waals surface area contributed by atoms with Crippen molar-refractivity contribution in [1.82, 2.24) is 19.4 Å². The molecule has 0 aromatic heterocycles. The van der Waals surface area contributed by atoms with Gasteiger partial charge in [0, 0.05) is 39.3 Å². The number of carbonyl (C=O) groups excluding carboxylic acids is 2.